The van der Waals surface area contributed by atoms with Crippen LogP contribution in [0.3, 0.4) is 0 Å². The quantitative estimate of drug-likeness (QED) is 0.879. The van der Waals surface area contributed by atoms with Crippen molar-refractivity contribution in [2.75, 3.05) is 38.2 Å². The maximum Gasteiger partial charge on any atom is 0.238 e. The van der Waals surface area contributed by atoms with Gasteiger partial charge in [0.15, 0.2) is 11.5 Å². The van der Waals surface area contributed by atoms with Crippen LogP contribution in [0.15, 0.2) is 18.2 Å². The van der Waals surface area contributed by atoms with Crippen molar-refractivity contribution in [3.63, 3.8) is 0 Å². The summed E-state index contributed by atoms with van der Waals surface area (Å²) >= 11 is 0. The van der Waals surface area contributed by atoms with Gasteiger partial charge in [0.2, 0.25) is 5.91 Å². The number of hydrogen-bond acceptors (Lipinski definition) is 5. The molecule has 2 aliphatic heterocycles. The fraction of sp³-hybridized carbons (Fsp3) is 0.562. The zero-order valence-corrected chi connectivity index (χ0v) is 12.6. The van der Waals surface area contributed by atoms with Gasteiger partial charge >= 0.3 is 0 Å². The Kier molecular flexibility index (Phi) is 4.80. The Labute approximate surface area is 130 Å². The molecule has 1 amide bonds. The van der Waals surface area contributed by atoms with Crippen LogP contribution in [-0.2, 0) is 4.79 Å². The third-order valence-corrected chi connectivity index (χ3v) is 3.96. The fourth-order valence-corrected chi connectivity index (χ4v) is 2.72. The van der Waals surface area contributed by atoms with Crippen LogP contribution in [0.25, 0.3) is 0 Å². The number of nitrogens with zero attached hydrogens (tertiary/aromatic N) is 1. The summed E-state index contributed by atoms with van der Waals surface area (Å²) in [4.78, 5) is 14.2. The summed E-state index contributed by atoms with van der Waals surface area (Å²) < 4.78 is 11.2. The first-order valence-corrected chi connectivity index (χ1v) is 7.80. The molecule has 6 heteroatoms. The van der Waals surface area contributed by atoms with Crippen molar-refractivity contribution >= 4 is 11.6 Å². The lowest BCUT2D eigenvalue weighted by molar-refractivity contribution is -0.117. The summed E-state index contributed by atoms with van der Waals surface area (Å²) in [6, 6.07) is 5.46. The van der Waals surface area contributed by atoms with E-state index in [0.717, 1.165) is 38.1 Å². The van der Waals surface area contributed by atoms with Gasteiger partial charge < -0.3 is 19.9 Å². The molecule has 22 heavy (non-hydrogen) atoms. The average Bonchev–Trinajstić information content (AvgIpc) is 2.74. The fourth-order valence-electron chi connectivity index (χ4n) is 2.72. The third kappa shape index (κ3) is 3.90. The number of benzene rings is 1. The number of hydrogen-bond donors (Lipinski definition) is 2. The molecule has 0 aliphatic carbocycles. The van der Waals surface area contributed by atoms with Crippen molar-refractivity contribution < 1.29 is 19.4 Å². The standard InChI is InChI=1S/C16H22N2O4/c19-13-4-6-18(7-5-13)11-16(20)17-12-2-3-14-15(10-12)22-9-1-8-21-14/h2-3,10,13,19H,1,4-9,11H2,(H,17,20). The minimum atomic E-state index is -0.221. The minimum Gasteiger partial charge on any atom is -0.490 e. The Morgan fingerprint density at radius 1 is 1.23 bits per heavy atom. The maximum atomic E-state index is 12.1. The van der Waals surface area contributed by atoms with E-state index in [1.54, 1.807) is 6.07 Å². The molecule has 1 saturated heterocycles. The Morgan fingerprint density at radius 3 is 2.73 bits per heavy atom. The first-order valence-electron chi connectivity index (χ1n) is 7.80. The second-order valence-corrected chi connectivity index (χ2v) is 5.77. The number of fused-ring (bicyclic) bond motifs is 1. The molecule has 2 aliphatic rings. The molecular weight excluding hydrogens is 284 g/mol. The molecule has 0 spiro atoms. The van der Waals surface area contributed by atoms with Gasteiger partial charge in [-0.25, -0.2) is 0 Å². The highest BCUT2D eigenvalue weighted by atomic mass is 16.5. The molecule has 0 unspecified atom stereocenters. The number of aliphatic hydroxyl groups is 1. The van der Waals surface area contributed by atoms with Crippen LogP contribution in [0.4, 0.5) is 5.69 Å². The van der Waals surface area contributed by atoms with Crippen LogP contribution in [0.2, 0.25) is 0 Å². The first kappa shape index (κ1) is 15.1. The van der Waals surface area contributed by atoms with Gasteiger partial charge in [-0.2, -0.15) is 0 Å². The molecule has 0 atom stereocenters. The SMILES string of the molecule is O=C(CN1CCC(O)CC1)Nc1ccc2c(c1)OCCCO2. The summed E-state index contributed by atoms with van der Waals surface area (Å²) in [6.07, 6.45) is 2.10. The van der Waals surface area contributed by atoms with Crippen LogP contribution in [0.1, 0.15) is 19.3 Å². The van der Waals surface area contributed by atoms with E-state index in [9.17, 15) is 9.90 Å². The molecular formula is C16H22N2O4. The number of amides is 1. The Hall–Kier alpha value is -1.79. The highest BCUT2D eigenvalue weighted by molar-refractivity contribution is 5.92. The Morgan fingerprint density at radius 2 is 1.95 bits per heavy atom. The van der Waals surface area contributed by atoms with Gasteiger partial charge in [0.05, 0.1) is 25.9 Å². The van der Waals surface area contributed by atoms with Gasteiger partial charge in [-0.3, -0.25) is 9.69 Å². The monoisotopic (exact) mass is 306 g/mol. The van der Waals surface area contributed by atoms with Crippen molar-refractivity contribution in [2.45, 2.75) is 25.4 Å². The van der Waals surface area contributed by atoms with E-state index in [2.05, 4.69) is 10.2 Å². The smallest absolute Gasteiger partial charge is 0.238 e. The number of carbonyl (C=O) groups excluding carboxylic acids is 1. The largest absolute Gasteiger partial charge is 0.490 e. The molecule has 0 aromatic heterocycles. The molecule has 2 heterocycles. The van der Waals surface area contributed by atoms with Gasteiger partial charge in [-0.15, -0.1) is 0 Å². The number of likely N-dealkylation sites (tertiary alicyclic amines) is 1. The van der Waals surface area contributed by atoms with Crippen molar-refractivity contribution in [3.05, 3.63) is 18.2 Å². The van der Waals surface area contributed by atoms with Crippen LogP contribution in [0.5, 0.6) is 11.5 Å². The number of carbonyl (C=O) groups is 1. The number of piperidine rings is 1. The van der Waals surface area contributed by atoms with E-state index >= 15 is 0 Å². The molecule has 1 aromatic carbocycles. The molecule has 0 saturated carbocycles. The van der Waals surface area contributed by atoms with E-state index in [1.807, 2.05) is 12.1 Å². The normalized spacial score (nSPS) is 19.5. The molecule has 0 radical (unpaired) electrons. The molecule has 2 N–H and O–H groups in total. The summed E-state index contributed by atoms with van der Waals surface area (Å²) in [5.74, 6) is 1.35. The summed E-state index contributed by atoms with van der Waals surface area (Å²) in [6.45, 7) is 3.15. The molecule has 0 bridgehead atoms. The van der Waals surface area contributed by atoms with Crippen molar-refractivity contribution in [2.24, 2.45) is 0 Å². The lowest BCUT2D eigenvalue weighted by Gasteiger charge is -2.28. The number of aliphatic hydroxyl groups excluding tert-OH is 1. The van der Waals surface area contributed by atoms with Gasteiger partial charge in [0, 0.05) is 31.3 Å². The van der Waals surface area contributed by atoms with Crippen LogP contribution < -0.4 is 14.8 Å². The highest BCUT2D eigenvalue weighted by Gasteiger charge is 2.19. The number of rotatable bonds is 3. The van der Waals surface area contributed by atoms with Crippen molar-refractivity contribution in [3.8, 4) is 11.5 Å². The summed E-state index contributed by atoms with van der Waals surface area (Å²) in [5, 5.41) is 12.4. The predicted octanol–water partition coefficient (Wildman–Crippen LogP) is 1.24. The highest BCUT2D eigenvalue weighted by Crippen LogP contribution is 2.32. The molecule has 1 fully saturated rings. The van der Waals surface area contributed by atoms with E-state index in [4.69, 9.17) is 9.47 Å². The zero-order valence-electron chi connectivity index (χ0n) is 12.6. The lowest BCUT2D eigenvalue weighted by atomic mass is 10.1. The number of ether oxygens (including phenoxy) is 2. The maximum absolute atomic E-state index is 12.1. The van der Waals surface area contributed by atoms with E-state index < -0.39 is 0 Å². The Balaban J connectivity index is 1.56. The van der Waals surface area contributed by atoms with Gasteiger partial charge in [-0.05, 0) is 25.0 Å². The first-order chi connectivity index (χ1) is 10.7. The van der Waals surface area contributed by atoms with Crippen LogP contribution in [-0.4, -0.2) is 54.9 Å². The van der Waals surface area contributed by atoms with Crippen molar-refractivity contribution in [1.82, 2.24) is 4.90 Å². The van der Waals surface area contributed by atoms with Gasteiger partial charge in [0.25, 0.3) is 0 Å². The molecule has 1 aromatic rings. The predicted molar refractivity (Wildman–Crippen MR) is 82.4 cm³/mol. The number of anilines is 1. The topological polar surface area (TPSA) is 71.0 Å². The number of nitrogens with one attached hydrogen (secondary N) is 1. The van der Waals surface area contributed by atoms with Crippen LogP contribution in [0, 0.1) is 0 Å². The summed E-state index contributed by atoms with van der Waals surface area (Å²) in [7, 11) is 0. The average molecular weight is 306 g/mol. The zero-order chi connectivity index (χ0) is 15.4. The van der Waals surface area contributed by atoms with E-state index in [0.29, 0.717) is 31.2 Å². The lowest BCUT2D eigenvalue weighted by Crippen LogP contribution is -2.40. The van der Waals surface area contributed by atoms with Gasteiger partial charge in [0.1, 0.15) is 0 Å². The second kappa shape index (κ2) is 6.98. The van der Waals surface area contributed by atoms with E-state index in [-0.39, 0.29) is 12.0 Å². The minimum absolute atomic E-state index is 0.0501. The van der Waals surface area contributed by atoms with Crippen molar-refractivity contribution in [1.29, 1.82) is 0 Å². The summed E-state index contributed by atoms with van der Waals surface area (Å²) in [5.41, 5.74) is 0.714. The van der Waals surface area contributed by atoms with Gasteiger partial charge in [-0.1, -0.05) is 0 Å². The third-order valence-electron chi connectivity index (χ3n) is 3.96. The molecule has 3 rings (SSSR count). The molecule has 6 nitrogen and oxygen atoms in total. The molecule has 120 valence electrons. The Bertz CT molecular complexity index is 527. The van der Waals surface area contributed by atoms with Crippen LogP contribution >= 0.6 is 0 Å². The van der Waals surface area contributed by atoms with E-state index in [1.165, 1.54) is 0 Å². The second-order valence-electron chi connectivity index (χ2n) is 5.77.